The van der Waals surface area contributed by atoms with Crippen LogP contribution in [0.5, 0.6) is 0 Å². The van der Waals surface area contributed by atoms with Crippen molar-refractivity contribution in [1.29, 1.82) is 0 Å². The van der Waals surface area contributed by atoms with Crippen LogP contribution in [0.15, 0.2) is 18.3 Å². The first-order chi connectivity index (χ1) is 7.49. The van der Waals surface area contributed by atoms with Crippen molar-refractivity contribution in [3.05, 3.63) is 23.9 Å². The second kappa shape index (κ2) is 5.46. The number of hydrogen-bond acceptors (Lipinski definition) is 4. The average molecular weight is 223 g/mol. The average Bonchev–Trinajstić information content (AvgIpc) is 2.16. The summed E-state index contributed by atoms with van der Waals surface area (Å²) in [6.07, 6.45) is 1.71. The van der Waals surface area contributed by atoms with Crippen LogP contribution in [0.4, 0.5) is 5.82 Å². The van der Waals surface area contributed by atoms with E-state index < -0.39 is 5.91 Å². The van der Waals surface area contributed by atoms with Crippen LogP contribution in [-0.4, -0.2) is 28.1 Å². The molecule has 16 heavy (non-hydrogen) atoms. The molecular weight excluding hydrogens is 206 g/mol. The molecule has 0 saturated heterocycles. The molecule has 0 aliphatic heterocycles. The van der Waals surface area contributed by atoms with Gasteiger partial charge in [0.15, 0.2) is 0 Å². The molecule has 0 aliphatic carbocycles. The maximum Gasteiger partial charge on any atom is 0.250 e. The molecule has 1 amide bonds. The number of carbonyl (C=O) groups is 1. The predicted molar refractivity (Wildman–Crippen MR) is 62.1 cm³/mol. The Morgan fingerprint density at radius 1 is 1.56 bits per heavy atom. The molecule has 0 saturated carbocycles. The number of rotatable bonds is 5. The lowest BCUT2D eigenvalue weighted by Gasteiger charge is -2.15. The number of nitrogens with one attached hydrogen (secondary N) is 1. The monoisotopic (exact) mass is 223 g/mol. The van der Waals surface area contributed by atoms with Gasteiger partial charge < -0.3 is 16.2 Å². The van der Waals surface area contributed by atoms with E-state index in [2.05, 4.69) is 10.3 Å². The second-order valence-corrected chi connectivity index (χ2v) is 3.93. The van der Waals surface area contributed by atoms with E-state index in [4.69, 9.17) is 5.73 Å². The zero-order valence-electron chi connectivity index (χ0n) is 9.47. The molecule has 0 bridgehead atoms. The van der Waals surface area contributed by atoms with Crippen molar-refractivity contribution < 1.29 is 9.90 Å². The number of carbonyl (C=O) groups excluding carboxylic acids is 1. The second-order valence-electron chi connectivity index (χ2n) is 3.93. The molecule has 0 fully saturated rings. The minimum Gasteiger partial charge on any atom is -0.393 e. The standard InChI is InChI=1S/C11H17N3O2/c1-7(5-8(2)15)14-10-4-3-9(6-13-10)11(12)16/h3-4,6-8,15H,5H2,1-2H3,(H2,12,16)(H,13,14). The summed E-state index contributed by atoms with van der Waals surface area (Å²) >= 11 is 0. The van der Waals surface area contributed by atoms with Crippen molar-refractivity contribution in [2.75, 3.05) is 5.32 Å². The largest absolute Gasteiger partial charge is 0.393 e. The Labute approximate surface area is 94.7 Å². The lowest BCUT2D eigenvalue weighted by molar-refractivity contribution is 0.1000. The van der Waals surface area contributed by atoms with Crippen LogP contribution in [-0.2, 0) is 0 Å². The quantitative estimate of drug-likeness (QED) is 0.687. The number of anilines is 1. The first-order valence-electron chi connectivity index (χ1n) is 5.19. The number of pyridine rings is 1. The molecule has 1 heterocycles. The van der Waals surface area contributed by atoms with E-state index in [-0.39, 0.29) is 12.1 Å². The summed E-state index contributed by atoms with van der Waals surface area (Å²) in [4.78, 5) is 14.9. The fourth-order valence-corrected chi connectivity index (χ4v) is 1.45. The Hall–Kier alpha value is -1.62. The van der Waals surface area contributed by atoms with E-state index in [9.17, 15) is 9.90 Å². The number of aromatic nitrogens is 1. The highest BCUT2D eigenvalue weighted by atomic mass is 16.3. The van der Waals surface area contributed by atoms with Gasteiger partial charge in [0.1, 0.15) is 5.82 Å². The Kier molecular flexibility index (Phi) is 4.25. The van der Waals surface area contributed by atoms with Gasteiger partial charge in [-0.25, -0.2) is 4.98 Å². The fourth-order valence-electron chi connectivity index (χ4n) is 1.45. The lowest BCUT2D eigenvalue weighted by Crippen LogP contribution is -2.21. The Morgan fingerprint density at radius 2 is 2.25 bits per heavy atom. The summed E-state index contributed by atoms with van der Waals surface area (Å²) in [7, 11) is 0. The number of primary amides is 1. The smallest absolute Gasteiger partial charge is 0.250 e. The van der Waals surface area contributed by atoms with Gasteiger partial charge in [0.25, 0.3) is 0 Å². The maximum atomic E-state index is 10.8. The zero-order chi connectivity index (χ0) is 12.1. The van der Waals surface area contributed by atoms with Crippen molar-refractivity contribution in [2.24, 2.45) is 5.73 Å². The molecule has 5 heteroatoms. The van der Waals surface area contributed by atoms with Crippen LogP contribution in [0, 0.1) is 0 Å². The molecule has 2 unspecified atom stereocenters. The van der Waals surface area contributed by atoms with Crippen LogP contribution in [0.25, 0.3) is 0 Å². The molecular formula is C11H17N3O2. The molecule has 4 N–H and O–H groups in total. The highest BCUT2D eigenvalue weighted by Crippen LogP contribution is 2.08. The predicted octanol–water partition coefficient (Wildman–Crippen LogP) is 0.752. The van der Waals surface area contributed by atoms with Gasteiger partial charge in [0.05, 0.1) is 11.7 Å². The molecule has 5 nitrogen and oxygen atoms in total. The first-order valence-corrected chi connectivity index (χ1v) is 5.19. The van der Waals surface area contributed by atoms with Gasteiger partial charge in [-0.15, -0.1) is 0 Å². The van der Waals surface area contributed by atoms with Crippen molar-refractivity contribution in [3.8, 4) is 0 Å². The van der Waals surface area contributed by atoms with Crippen molar-refractivity contribution >= 4 is 11.7 Å². The summed E-state index contributed by atoms with van der Waals surface area (Å²) in [6.45, 7) is 3.69. The fraction of sp³-hybridized carbons (Fsp3) is 0.455. The topological polar surface area (TPSA) is 88.2 Å². The van der Waals surface area contributed by atoms with Crippen LogP contribution in [0.2, 0.25) is 0 Å². The number of aliphatic hydroxyl groups excluding tert-OH is 1. The van der Waals surface area contributed by atoms with Gasteiger partial charge in [-0.1, -0.05) is 0 Å². The minimum atomic E-state index is -0.490. The van der Waals surface area contributed by atoms with Gasteiger partial charge >= 0.3 is 0 Å². The number of hydrogen-bond donors (Lipinski definition) is 3. The third-order valence-electron chi connectivity index (χ3n) is 2.14. The normalized spacial score (nSPS) is 14.2. The highest BCUT2D eigenvalue weighted by molar-refractivity contribution is 5.92. The molecule has 0 radical (unpaired) electrons. The number of aliphatic hydroxyl groups is 1. The molecule has 0 aromatic carbocycles. The van der Waals surface area contributed by atoms with Crippen molar-refractivity contribution in [2.45, 2.75) is 32.4 Å². The summed E-state index contributed by atoms with van der Waals surface area (Å²) in [6, 6.07) is 3.43. The Bertz CT molecular complexity index is 349. The highest BCUT2D eigenvalue weighted by Gasteiger charge is 2.07. The zero-order valence-corrected chi connectivity index (χ0v) is 9.47. The molecule has 2 atom stereocenters. The van der Waals surface area contributed by atoms with Crippen LogP contribution < -0.4 is 11.1 Å². The SMILES string of the molecule is CC(O)CC(C)Nc1ccc(C(N)=O)cn1. The van der Waals surface area contributed by atoms with E-state index in [1.54, 1.807) is 19.1 Å². The number of amides is 1. The van der Waals surface area contributed by atoms with Gasteiger partial charge in [-0.3, -0.25) is 4.79 Å². The Morgan fingerprint density at radius 3 is 2.69 bits per heavy atom. The van der Waals surface area contributed by atoms with Gasteiger partial charge in [0, 0.05) is 12.2 Å². The summed E-state index contributed by atoms with van der Waals surface area (Å²) in [5.74, 6) is 0.175. The van der Waals surface area contributed by atoms with Gasteiger partial charge in [0.2, 0.25) is 5.91 Å². The van der Waals surface area contributed by atoms with Gasteiger partial charge in [-0.2, -0.15) is 0 Å². The molecule has 1 aromatic rings. The Balaban J connectivity index is 2.58. The summed E-state index contributed by atoms with van der Waals surface area (Å²) < 4.78 is 0. The summed E-state index contributed by atoms with van der Waals surface area (Å²) in [5, 5.41) is 12.3. The molecule has 1 aromatic heterocycles. The van der Waals surface area contributed by atoms with Crippen LogP contribution in [0.3, 0.4) is 0 Å². The first kappa shape index (κ1) is 12.4. The van der Waals surface area contributed by atoms with E-state index in [1.807, 2.05) is 6.92 Å². The molecule has 0 aliphatic rings. The van der Waals surface area contributed by atoms with E-state index >= 15 is 0 Å². The van der Waals surface area contributed by atoms with E-state index in [0.717, 1.165) is 0 Å². The third kappa shape index (κ3) is 3.86. The number of nitrogens with zero attached hydrogens (tertiary/aromatic N) is 1. The van der Waals surface area contributed by atoms with Crippen molar-refractivity contribution in [3.63, 3.8) is 0 Å². The minimum absolute atomic E-state index is 0.118. The summed E-state index contributed by atoms with van der Waals surface area (Å²) in [5.41, 5.74) is 5.48. The van der Waals surface area contributed by atoms with Crippen LogP contribution >= 0.6 is 0 Å². The molecule has 1 rings (SSSR count). The van der Waals surface area contributed by atoms with Gasteiger partial charge in [-0.05, 0) is 32.4 Å². The molecule has 88 valence electrons. The maximum absolute atomic E-state index is 10.8. The van der Waals surface area contributed by atoms with Crippen LogP contribution in [0.1, 0.15) is 30.6 Å². The molecule has 0 spiro atoms. The van der Waals surface area contributed by atoms with E-state index in [0.29, 0.717) is 17.8 Å². The van der Waals surface area contributed by atoms with Crippen molar-refractivity contribution in [1.82, 2.24) is 4.98 Å². The third-order valence-corrected chi connectivity index (χ3v) is 2.14. The number of nitrogens with two attached hydrogens (primary N) is 1. The van der Waals surface area contributed by atoms with E-state index in [1.165, 1.54) is 6.20 Å². The lowest BCUT2D eigenvalue weighted by atomic mass is 10.1.